The Morgan fingerprint density at radius 3 is 2.62 bits per heavy atom. The molecule has 0 bridgehead atoms. The van der Waals surface area contributed by atoms with E-state index in [4.69, 9.17) is 10.5 Å². The van der Waals surface area contributed by atoms with Gasteiger partial charge in [-0.2, -0.15) is 0 Å². The fourth-order valence-electron chi connectivity index (χ4n) is 3.38. The van der Waals surface area contributed by atoms with Gasteiger partial charge < -0.3 is 21.1 Å². The Kier molecular flexibility index (Phi) is 6.77. The second-order valence-electron chi connectivity index (χ2n) is 6.74. The lowest BCUT2D eigenvalue weighted by molar-refractivity contribution is -0.00243. The molecule has 2 aliphatic carbocycles. The summed E-state index contributed by atoms with van der Waals surface area (Å²) in [4.78, 5) is 11.6. The Labute approximate surface area is 128 Å². The van der Waals surface area contributed by atoms with Crippen molar-refractivity contribution in [3.05, 3.63) is 0 Å². The molecule has 0 aromatic heterocycles. The summed E-state index contributed by atoms with van der Waals surface area (Å²) in [6, 6.07) is 0.307. The van der Waals surface area contributed by atoms with Gasteiger partial charge in [-0.3, -0.25) is 0 Å². The monoisotopic (exact) mass is 297 g/mol. The van der Waals surface area contributed by atoms with E-state index < -0.39 is 0 Å². The van der Waals surface area contributed by atoms with Gasteiger partial charge in [0, 0.05) is 19.1 Å². The summed E-state index contributed by atoms with van der Waals surface area (Å²) in [5, 5.41) is 5.75. The number of amides is 2. The van der Waals surface area contributed by atoms with Crippen molar-refractivity contribution in [3.8, 4) is 0 Å². The Hall–Kier alpha value is -0.810. The van der Waals surface area contributed by atoms with Gasteiger partial charge in [-0.1, -0.05) is 19.8 Å². The topological polar surface area (TPSA) is 76.4 Å². The number of urea groups is 1. The van der Waals surface area contributed by atoms with Crippen molar-refractivity contribution in [1.82, 2.24) is 10.6 Å². The molecule has 21 heavy (non-hydrogen) atoms. The van der Waals surface area contributed by atoms with E-state index in [9.17, 15) is 4.79 Å². The van der Waals surface area contributed by atoms with Gasteiger partial charge in [0.15, 0.2) is 0 Å². The van der Waals surface area contributed by atoms with Crippen molar-refractivity contribution < 1.29 is 9.53 Å². The van der Waals surface area contributed by atoms with E-state index in [1.807, 2.05) is 0 Å². The van der Waals surface area contributed by atoms with Gasteiger partial charge >= 0.3 is 6.03 Å². The number of carbonyl (C=O) groups excluding carboxylic acids is 1. The normalized spacial score (nSPS) is 32.3. The molecule has 0 radical (unpaired) electrons. The first-order chi connectivity index (χ1) is 10.1. The first kappa shape index (κ1) is 16.6. The molecule has 2 amide bonds. The van der Waals surface area contributed by atoms with Crippen molar-refractivity contribution in [2.24, 2.45) is 17.6 Å². The highest BCUT2D eigenvalue weighted by Gasteiger charge is 2.25. The van der Waals surface area contributed by atoms with Crippen LogP contribution in [0.2, 0.25) is 0 Å². The predicted octanol–water partition coefficient (Wildman–Crippen LogP) is 2.01. The van der Waals surface area contributed by atoms with Gasteiger partial charge in [0.1, 0.15) is 0 Å². The van der Waals surface area contributed by atoms with E-state index in [2.05, 4.69) is 17.6 Å². The standard InChI is InChI=1S/C16H31N3O2/c1-12-4-2-3-5-15(12)21-9-8-19-16(20)18-7-6-13-10-14(17)11-13/h12-15H,2-11,17H2,1H3,(H2,18,19,20). The zero-order valence-corrected chi connectivity index (χ0v) is 13.3. The third-order valence-electron chi connectivity index (χ3n) is 4.86. The summed E-state index contributed by atoms with van der Waals surface area (Å²) in [5.74, 6) is 1.36. The first-order valence-corrected chi connectivity index (χ1v) is 8.54. The second-order valence-corrected chi connectivity index (χ2v) is 6.74. The van der Waals surface area contributed by atoms with E-state index in [0.29, 0.717) is 37.1 Å². The average molecular weight is 297 g/mol. The minimum absolute atomic E-state index is 0.0843. The van der Waals surface area contributed by atoms with Crippen LogP contribution in [0.1, 0.15) is 51.9 Å². The molecule has 2 aliphatic rings. The number of carbonyl (C=O) groups is 1. The fraction of sp³-hybridized carbons (Fsp3) is 0.938. The number of rotatable bonds is 7. The zero-order valence-electron chi connectivity index (χ0n) is 13.3. The number of ether oxygens (including phenoxy) is 1. The van der Waals surface area contributed by atoms with Gasteiger partial charge in [0.2, 0.25) is 0 Å². The van der Waals surface area contributed by atoms with Crippen LogP contribution < -0.4 is 16.4 Å². The third kappa shape index (κ3) is 5.83. The highest BCUT2D eigenvalue weighted by atomic mass is 16.5. The smallest absolute Gasteiger partial charge is 0.314 e. The molecule has 2 atom stereocenters. The summed E-state index contributed by atoms with van der Waals surface area (Å²) in [5.41, 5.74) is 5.74. The molecule has 2 fully saturated rings. The highest BCUT2D eigenvalue weighted by molar-refractivity contribution is 5.73. The van der Waals surface area contributed by atoms with Gasteiger partial charge in [0.05, 0.1) is 12.7 Å². The molecule has 0 spiro atoms. The van der Waals surface area contributed by atoms with Crippen molar-refractivity contribution in [3.63, 3.8) is 0 Å². The number of nitrogens with one attached hydrogen (secondary N) is 2. The third-order valence-corrected chi connectivity index (χ3v) is 4.86. The zero-order chi connectivity index (χ0) is 15.1. The molecule has 5 nitrogen and oxygen atoms in total. The molecule has 2 rings (SSSR count). The molecule has 0 heterocycles. The van der Waals surface area contributed by atoms with Crippen LogP contribution >= 0.6 is 0 Å². The first-order valence-electron chi connectivity index (χ1n) is 8.54. The molecule has 4 N–H and O–H groups in total. The lowest BCUT2D eigenvalue weighted by Gasteiger charge is -2.32. The van der Waals surface area contributed by atoms with E-state index >= 15 is 0 Å². The minimum Gasteiger partial charge on any atom is -0.376 e. The molecule has 2 saturated carbocycles. The quantitative estimate of drug-likeness (QED) is 0.629. The minimum atomic E-state index is -0.0843. The van der Waals surface area contributed by atoms with Gasteiger partial charge in [-0.05, 0) is 43.9 Å². The number of hydrogen-bond acceptors (Lipinski definition) is 3. The van der Waals surface area contributed by atoms with Crippen LogP contribution in [-0.4, -0.2) is 37.9 Å². The van der Waals surface area contributed by atoms with E-state index in [-0.39, 0.29) is 6.03 Å². The molecule has 0 aromatic rings. The Balaban J connectivity index is 1.43. The molecule has 122 valence electrons. The van der Waals surface area contributed by atoms with Crippen LogP contribution in [0.5, 0.6) is 0 Å². The molecule has 5 heteroatoms. The van der Waals surface area contributed by atoms with E-state index in [1.165, 1.54) is 19.3 Å². The predicted molar refractivity (Wildman–Crippen MR) is 84.1 cm³/mol. The molecule has 0 aliphatic heterocycles. The van der Waals surface area contributed by atoms with Crippen molar-refractivity contribution >= 4 is 6.03 Å². The Morgan fingerprint density at radius 1 is 1.19 bits per heavy atom. The summed E-state index contributed by atoms with van der Waals surface area (Å²) in [6.45, 7) is 4.20. The van der Waals surface area contributed by atoms with Gasteiger partial charge in [-0.15, -0.1) is 0 Å². The van der Waals surface area contributed by atoms with Crippen LogP contribution in [0.15, 0.2) is 0 Å². The molecule has 2 unspecified atom stereocenters. The lowest BCUT2D eigenvalue weighted by atomic mass is 9.79. The van der Waals surface area contributed by atoms with Crippen molar-refractivity contribution in [1.29, 1.82) is 0 Å². The Morgan fingerprint density at radius 2 is 1.90 bits per heavy atom. The lowest BCUT2D eigenvalue weighted by Crippen LogP contribution is -2.41. The highest BCUT2D eigenvalue weighted by Crippen LogP contribution is 2.28. The van der Waals surface area contributed by atoms with Gasteiger partial charge in [-0.25, -0.2) is 4.79 Å². The Bertz CT molecular complexity index is 319. The largest absolute Gasteiger partial charge is 0.376 e. The summed E-state index contributed by atoms with van der Waals surface area (Å²) < 4.78 is 5.87. The SMILES string of the molecule is CC1CCCCC1OCCNC(=O)NCCC1CC(N)C1. The average Bonchev–Trinajstić information content (AvgIpc) is 2.43. The maximum atomic E-state index is 11.6. The molecular weight excluding hydrogens is 266 g/mol. The maximum Gasteiger partial charge on any atom is 0.314 e. The van der Waals surface area contributed by atoms with E-state index in [1.54, 1.807) is 0 Å². The van der Waals surface area contributed by atoms with Crippen LogP contribution in [0.25, 0.3) is 0 Å². The number of nitrogens with two attached hydrogens (primary N) is 1. The van der Waals surface area contributed by atoms with Crippen LogP contribution in [0.4, 0.5) is 4.79 Å². The molecule has 0 saturated heterocycles. The molecular formula is C16H31N3O2. The number of hydrogen-bond donors (Lipinski definition) is 3. The van der Waals surface area contributed by atoms with Crippen LogP contribution in [-0.2, 0) is 4.74 Å². The van der Waals surface area contributed by atoms with E-state index in [0.717, 1.165) is 32.2 Å². The summed E-state index contributed by atoms with van der Waals surface area (Å²) in [6.07, 6.45) is 8.66. The fourth-order valence-corrected chi connectivity index (χ4v) is 3.38. The van der Waals surface area contributed by atoms with Crippen molar-refractivity contribution in [2.45, 2.75) is 64.0 Å². The molecule has 0 aromatic carbocycles. The second kappa shape index (κ2) is 8.59. The summed E-state index contributed by atoms with van der Waals surface area (Å²) in [7, 11) is 0. The maximum absolute atomic E-state index is 11.6. The van der Waals surface area contributed by atoms with Crippen molar-refractivity contribution in [2.75, 3.05) is 19.7 Å². The van der Waals surface area contributed by atoms with Gasteiger partial charge in [0.25, 0.3) is 0 Å². The summed E-state index contributed by atoms with van der Waals surface area (Å²) >= 11 is 0. The van der Waals surface area contributed by atoms with Crippen LogP contribution in [0, 0.1) is 11.8 Å². The van der Waals surface area contributed by atoms with Crippen LogP contribution in [0.3, 0.4) is 0 Å².